The van der Waals surface area contributed by atoms with E-state index in [1.54, 1.807) is 18.2 Å². The molecule has 0 aliphatic carbocycles. The minimum Gasteiger partial charge on any atom is -0.493 e. The van der Waals surface area contributed by atoms with Gasteiger partial charge in [-0.2, -0.15) is 4.98 Å². The van der Waals surface area contributed by atoms with Gasteiger partial charge in [-0.1, -0.05) is 35.5 Å². The normalized spacial score (nSPS) is 10.7. The molecule has 0 N–H and O–H groups in total. The van der Waals surface area contributed by atoms with Crippen molar-refractivity contribution in [2.45, 2.75) is 6.61 Å². The van der Waals surface area contributed by atoms with Gasteiger partial charge in [-0.15, -0.1) is 0 Å². The third kappa shape index (κ3) is 4.92. The molecule has 0 unspecified atom stereocenters. The van der Waals surface area contributed by atoms with Gasteiger partial charge in [0.05, 0.1) is 21.3 Å². The number of esters is 1. The van der Waals surface area contributed by atoms with Crippen LogP contribution in [0.2, 0.25) is 0 Å². The number of carbonyl (C=O) groups excluding carboxylic acids is 1. The van der Waals surface area contributed by atoms with Crippen molar-refractivity contribution in [1.82, 2.24) is 10.1 Å². The van der Waals surface area contributed by atoms with Gasteiger partial charge in [0.2, 0.25) is 11.6 Å². The molecule has 0 fully saturated rings. The number of ether oxygens (including phenoxy) is 4. The molecular formula is C21H20N2O6. The smallest absolute Gasteiger partial charge is 0.331 e. The van der Waals surface area contributed by atoms with Gasteiger partial charge in [-0.25, -0.2) is 4.79 Å². The van der Waals surface area contributed by atoms with E-state index in [0.717, 1.165) is 5.56 Å². The highest BCUT2D eigenvalue weighted by atomic mass is 16.6. The number of benzene rings is 2. The van der Waals surface area contributed by atoms with E-state index in [1.165, 1.54) is 27.4 Å². The van der Waals surface area contributed by atoms with Crippen LogP contribution in [0, 0.1) is 0 Å². The van der Waals surface area contributed by atoms with Crippen LogP contribution in [0.25, 0.3) is 17.5 Å². The largest absolute Gasteiger partial charge is 0.493 e. The molecule has 0 spiro atoms. The molecule has 8 heteroatoms. The van der Waals surface area contributed by atoms with Crippen LogP contribution < -0.4 is 14.2 Å². The van der Waals surface area contributed by atoms with Gasteiger partial charge in [-0.3, -0.25) is 0 Å². The molecule has 0 bridgehead atoms. The van der Waals surface area contributed by atoms with Crippen LogP contribution in [0.3, 0.4) is 0 Å². The van der Waals surface area contributed by atoms with E-state index < -0.39 is 5.97 Å². The third-order valence-corrected chi connectivity index (χ3v) is 3.94. The summed E-state index contributed by atoms with van der Waals surface area (Å²) < 4.78 is 26.1. The lowest BCUT2D eigenvalue weighted by atomic mass is 10.1. The van der Waals surface area contributed by atoms with E-state index >= 15 is 0 Å². The van der Waals surface area contributed by atoms with Crippen molar-refractivity contribution in [2.24, 2.45) is 0 Å². The minimum atomic E-state index is -0.557. The predicted octanol–water partition coefficient (Wildman–Crippen LogP) is 3.52. The maximum Gasteiger partial charge on any atom is 0.331 e. The molecule has 150 valence electrons. The molecule has 0 amide bonds. The second kappa shape index (κ2) is 9.41. The Kier molecular flexibility index (Phi) is 6.47. The highest BCUT2D eigenvalue weighted by molar-refractivity contribution is 5.87. The molecule has 8 nitrogen and oxygen atoms in total. The Hall–Kier alpha value is -3.81. The number of methoxy groups -OCH3 is 3. The van der Waals surface area contributed by atoms with Crippen LogP contribution >= 0.6 is 0 Å². The lowest BCUT2D eigenvalue weighted by molar-refractivity contribution is -0.139. The van der Waals surface area contributed by atoms with Gasteiger partial charge in [-0.05, 0) is 23.8 Å². The van der Waals surface area contributed by atoms with Gasteiger partial charge < -0.3 is 23.5 Å². The van der Waals surface area contributed by atoms with Crippen molar-refractivity contribution in [3.63, 3.8) is 0 Å². The van der Waals surface area contributed by atoms with Gasteiger partial charge in [0.1, 0.15) is 0 Å². The van der Waals surface area contributed by atoms with E-state index in [1.807, 2.05) is 30.3 Å². The Balaban J connectivity index is 1.62. The first-order valence-electron chi connectivity index (χ1n) is 8.67. The molecule has 29 heavy (non-hydrogen) atoms. The fraction of sp³-hybridized carbons (Fsp3) is 0.190. The van der Waals surface area contributed by atoms with Crippen molar-refractivity contribution in [1.29, 1.82) is 0 Å². The monoisotopic (exact) mass is 396 g/mol. The van der Waals surface area contributed by atoms with E-state index in [4.69, 9.17) is 23.5 Å². The van der Waals surface area contributed by atoms with Crippen molar-refractivity contribution in [3.05, 3.63) is 60.0 Å². The number of carbonyl (C=O) groups is 1. The summed E-state index contributed by atoms with van der Waals surface area (Å²) in [5, 5.41) is 3.88. The van der Waals surface area contributed by atoms with Crippen LogP contribution in [0.1, 0.15) is 11.5 Å². The highest BCUT2D eigenvalue weighted by Crippen LogP contribution is 2.38. The number of aromatic nitrogens is 2. The van der Waals surface area contributed by atoms with Gasteiger partial charge in [0.15, 0.2) is 18.1 Å². The van der Waals surface area contributed by atoms with Crippen LogP contribution in [0.4, 0.5) is 0 Å². The second-order valence-corrected chi connectivity index (χ2v) is 5.78. The molecule has 2 aromatic carbocycles. The Bertz CT molecular complexity index is 972. The van der Waals surface area contributed by atoms with Gasteiger partial charge in [0.25, 0.3) is 5.89 Å². The Labute approximate surface area is 167 Å². The molecule has 0 atom stereocenters. The lowest BCUT2D eigenvalue weighted by Gasteiger charge is -2.12. The fourth-order valence-electron chi connectivity index (χ4n) is 2.56. The molecule has 1 heterocycles. The Morgan fingerprint density at radius 2 is 1.72 bits per heavy atom. The Morgan fingerprint density at radius 1 is 1.03 bits per heavy atom. The maximum atomic E-state index is 12.0. The van der Waals surface area contributed by atoms with E-state index in [-0.39, 0.29) is 12.5 Å². The van der Waals surface area contributed by atoms with E-state index in [0.29, 0.717) is 28.6 Å². The average Bonchev–Trinajstić information content (AvgIpc) is 3.25. The Morgan fingerprint density at radius 3 is 2.34 bits per heavy atom. The zero-order valence-corrected chi connectivity index (χ0v) is 16.2. The van der Waals surface area contributed by atoms with Crippen LogP contribution in [-0.2, 0) is 16.1 Å². The summed E-state index contributed by atoms with van der Waals surface area (Å²) >= 11 is 0. The number of rotatable bonds is 8. The standard InChI is InChI=1S/C21H20N2O6/c1-25-16-11-14(12-17(26-2)20(16)27-3)9-10-19(24)28-13-18-22-21(23-29-18)15-7-5-4-6-8-15/h4-12H,13H2,1-3H3/b10-9+. The zero-order valence-electron chi connectivity index (χ0n) is 16.2. The lowest BCUT2D eigenvalue weighted by Crippen LogP contribution is -2.01. The van der Waals surface area contributed by atoms with E-state index in [2.05, 4.69) is 10.1 Å². The molecule has 1 aromatic heterocycles. The first-order valence-corrected chi connectivity index (χ1v) is 8.67. The molecule has 0 saturated carbocycles. The molecule has 3 rings (SSSR count). The summed E-state index contributed by atoms with van der Waals surface area (Å²) in [5.74, 6) is 1.53. The van der Waals surface area contributed by atoms with Crippen molar-refractivity contribution in [2.75, 3.05) is 21.3 Å². The van der Waals surface area contributed by atoms with Crippen molar-refractivity contribution < 1.29 is 28.3 Å². The van der Waals surface area contributed by atoms with Crippen molar-refractivity contribution >= 4 is 12.0 Å². The topological polar surface area (TPSA) is 92.9 Å². The zero-order chi connectivity index (χ0) is 20.6. The average molecular weight is 396 g/mol. The highest BCUT2D eigenvalue weighted by Gasteiger charge is 2.13. The summed E-state index contributed by atoms with van der Waals surface area (Å²) in [6, 6.07) is 12.8. The molecule has 3 aromatic rings. The van der Waals surface area contributed by atoms with Gasteiger partial charge in [0, 0.05) is 11.6 Å². The van der Waals surface area contributed by atoms with Crippen LogP contribution in [0.5, 0.6) is 17.2 Å². The molecule has 0 saturated heterocycles. The van der Waals surface area contributed by atoms with Crippen LogP contribution in [-0.4, -0.2) is 37.4 Å². The van der Waals surface area contributed by atoms with E-state index in [9.17, 15) is 4.79 Å². The van der Waals surface area contributed by atoms with Crippen molar-refractivity contribution in [3.8, 4) is 28.6 Å². The SMILES string of the molecule is COc1cc(/C=C/C(=O)OCc2nc(-c3ccccc3)no2)cc(OC)c1OC. The maximum absolute atomic E-state index is 12.0. The van der Waals surface area contributed by atoms with Gasteiger partial charge >= 0.3 is 5.97 Å². The summed E-state index contributed by atoms with van der Waals surface area (Å²) in [5.41, 5.74) is 1.50. The predicted molar refractivity (Wildman–Crippen MR) is 105 cm³/mol. The fourth-order valence-corrected chi connectivity index (χ4v) is 2.56. The summed E-state index contributed by atoms with van der Waals surface area (Å²) in [7, 11) is 4.56. The third-order valence-electron chi connectivity index (χ3n) is 3.94. The molecule has 0 aliphatic heterocycles. The first-order chi connectivity index (χ1) is 14.1. The molecule has 0 aliphatic rings. The number of nitrogens with zero attached hydrogens (tertiary/aromatic N) is 2. The summed E-state index contributed by atoms with van der Waals surface area (Å²) in [4.78, 5) is 16.2. The second-order valence-electron chi connectivity index (χ2n) is 5.78. The molecular weight excluding hydrogens is 376 g/mol. The first kappa shape index (κ1) is 19.9. The summed E-state index contributed by atoms with van der Waals surface area (Å²) in [6.45, 7) is -0.127. The number of hydrogen-bond donors (Lipinski definition) is 0. The van der Waals surface area contributed by atoms with Crippen LogP contribution in [0.15, 0.2) is 53.1 Å². The molecule has 0 radical (unpaired) electrons. The number of hydrogen-bond acceptors (Lipinski definition) is 8. The minimum absolute atomic E-state index is 0.127. The summed E-state index contributed by atoms with van der Waals surface area (Å²) in [6.07, 6.45) is 2.87. The quantitative estimate of drug-likeness (QED) is 0.422.